The number of halogens is 4. The molecule has 2 saturated heterocycles. The molecule has 0 unspecified atom stereocenters. The summed E-state index contributed by atoms with van der Waals surface area (Å²) >= 11 is 20.9. The number of carbonyl (C=O) groups excluding carboxylic acids is 4. The summed E-state index contributed by atoms with van der Waals surface area (Å²) in [5.41, 5.74) is 1.48. The third kappa shape index (κ3) is 4.29. The molecule has 46 heavy (non-hydrogen) atoms. The first-order valence-corrected chi connectivity index (χ1v) is 15.8. The molecular weight excluding hydrogens is 658 g/mol. The second-order valence-electron chi connectivity index (χ2n) is 11.8. The van der Waals surface area contributed by atoms with Gasteiger partial charge in [-0.25, -0.2) is 9.29 Å². The molecule has 3 aromatic carbocycles. The Labute approximate surface area is 278 Å². The van der Waals surface area contributed by atoms with E-state index in [1.807, 2.05) is 6.08 Å². The van der Waals surface area contributed by atoms with E-state index in [2.05, 4.69) is 0 Å². The minimum Gasteiger partial charge on any atom is -0.491 e. The van der Waals surface area contributed by atoms with Gasteiger partial charge in [0, 0.05) is 16.5 Å². The first kappa shape index (κ1) is 30.9. The van der Waals surface area contributed by atoms with E-state index < -0.39 is 57.0 Å². The summed E-state index contributed by atoms with van der Waals surface area (Å²) in [5, 5.41) is 9.95. The zero-order chi connectivity index (χ0) is 32.5. The predicted molar refractivity (Wildman–Crippen MR) is 170 cm³/mol. The molecule has 1 saturated carbocycles. The minimum atomic E-state index is -2.10. The zero-order valence-electron chi connectivity index (χ0n) is 24.0. The molecule has 3 aromatic rings. The van der Waals surface area contributed by atoms with E-state index in [9.17, 15) is 28.7 Å². The van der Waals surface area contributed by atoms with Gasteiger partial charge in [-0.2, -0.15) is 0 Å². The molecule has 2 heterocycles. The Morgan fingerprint density at radius 2 is 1.50 bits per heavy atom. The van der Waals surface area contributed by atoms with Gasteiger partial charge in [0.15, 0.2) is 9.75 Å². The molecule has 1 N–H and O–H groups in total. The number of ether oxygens (including phenoxy) is 1. The number of aliphatic hydroxyl groups excluding tert-OH is 1. The molecule has 8 nitrogen and oxygen atoms in total. The van der Waals surface area contributed by atoms with E-state index in [0.29, 0.717) is 27.6 Å². The molecule has 0 aromatic heterocycles. The lowest BCUT2D eigenvalue weighted by atomic mass is 9.56. The number of benzene rings is 3. The van der Waals surface area contributed by atoms with Gasteiger partial charge < -0.3 is 9.84 Å². The number of para-hydroxylation sites is 1. The first-order chi connectivity index (χ1) is 22.0. The number of anilines is 2. The molecule has 12 heteroatoms. The Hall–Kier alpha value is -3.76. The number of hydrogen-bond acceptors (Lipinski definition) is 6. The van der Waals surface area contributed by atoms with Crippen molar-refractivity contribution in [3.05, 3.63) is 101 Å². The van der Waals surface area contributed by atoms with E-state index in [0.717, 1.165) is 21.9 Å². The fraction of sp³-hybridized carbons (Fsp3) is 0.294. The molecule has 0 radical (unpaired) electrons. The van der Waals surface area contributed by atoms with Gasteiger partial charge in [0.05, 0.1) is 29.8 Å². The van der Waals surface area contributed by atoms with Crippen LogP contribution in [0.15, 0.2) is 84.4 Å². The van der Waals surface area contributed by atoms with Crippen LogP contribution < -0.4 is 14.5 Å². The minimum absolute atomic E-state index is 0.0597. The Balaban J connectivity index is 1.40. The number of hydrogen-bond donors (Lipinski definition) is 1. The summed E-state index contributed by atoms with van der Waals surface area (Å²) in [5.74, 6) is -6.17. The van der Waals surface area contributed by atoms with Crippen LogP contribution in [0.5, 0.6) is 5.75 Å². The summed E-state index contributed by atoms with van der Waals surface area (Å²) in [7, 11) is 0. The van der Waals surface area contributed by atoms with Crippen molar-refractivity contribution in [2.75, 3.05) is 23.0 Å². The third-order valence-corrected chi connectivity index (χ3v) is 11.2. The summed E-state index contributed by atoms with van der Waals surface area (Å²) in [6, 6.07) is 18.0. The molecular formula is C34H26Cl3FN2O6. The topological polar surface area (TPSA) is 104 Å². The molecule has 4 aliphatic rings. The van der Waals surface area contributed by atoms with Gasteiger partial charge in [-0.3, -0.25) is 24.1 Å². The molecule has 6 atom stereocenters. The lowest BCUT2D eigenvalue weighted by Crippen LogP contribution is -2.60. The van der Waals surface area contributed by atoms with Crippen molar-refractivity contribution in [2.45, 2.75) is 28.5 Å². The summed E-state index contributed by atoms with van der Waals surface area (Å²) in [6.07, 6.45) is 1.80. The van der Waals surface area contributed by atoms with Crippen molar-refractivity contribution in [2.24, 2.45) is 17.8 Å². The van der Waals surface area contributed by atoms with Crippen molar-refractivity contribution >= 4 is 69.8 Å². The van der Waals surface area contributed by atoms with Crippen LogP contribution in [0.1, 0.15) is 24.3 Å². The van der Waals surface area contributed by atoms with Gasteiger partial charge in [0.1, 0.15) is 18.2 Å². The van der Waals surface area contributed by atoms with Crippen molar-refractivity contribution in [1.29, 1.82) is 0 Å². The number of alkyl halides is 2. The highest BCUT2D eigenvalue weighted by atomic mass is 35.5. The standard InChI is InChI=1S/C34H26Cl3FN2O6/c35-18-5-9-20(10-6-18)39-29(42)24-14-13-22-25(27(24)30(39)43)17-33(36)31(44)40(21-11-7-19(38)8-12-21)32(45)34(33,37)28(22)23-3-1-2-4-26(23)46-16-15-41/h1-13,24-25,27-28,41H,14-17H2/t24-,25+,27-,28+,33+,34-/m0/s1. The summed E-state index contributed by atoms with van der Waals surface area (Å²) in [4.78, 5) is 54.7. The second kappa shape index (κ2) is 11.2. The van der Waals surface area contributed by atoms with Crippen LogP contribution in [-0.2, 0) is 19.2 Å². The molecule has 0 bridgehead atoms. The van der Waals surface area contributed by atoms with E-state index in [-0.39, 0.29) is 37.6 Å². The summed E-state index contributed by atoms with van der Waals surface area (Å²) in [6.45, 7) is -0.345. The second-order valence-corrected chi connectivity index (χ2v) is 13.5. The maximum atomic E-state index is 14.5. The lowest BCUT2D eigenvalue weighted by molar-refractivity contribution is -0.125. The van der Waals surface area contributed by atoms with Crippen LogP contribution in [0.4, 0.5) is 15.8 Å². The number of rotatable bonds is 6. The number of fused-ring (bicyclic) bond motifs is 4. The smallest absolute Gasteiger partial charge is 0.258 e. The van der Waals surface area contributed by atoms with Gasteiger partial charge in [-0.1, -0.05) is 41.4 Å². The van der Waals surface area contributed by atoms with E-state index in [1.165, 1.54) is 12.1 Å². The van der Waals surface area contributed by atoms with Gasteiger partial charge in [-0.15, -0.1) is 23.2 Å². The molecule has 3 fully saturated rings. The van der Waals surface area contributed by atoms with Crippen molar-refractivity contribution in [3.63, 3.8) is 0 Å². The SMILES string of the molecule is O=C1[C@H]2[C@H](CC=C3[C@H]2C[C@@]2(Cl)C(=O)N(c4ccc(F)cc4)C(=O)[C@@]2(Cl)[C@H]3c2ccccc2OCCO)C(=O)N1c1ccc(Cl)cc1. The van der Waals surface area contributed by atoms with Gasteiger partial charge in [-0.05, 0) is 73.4 Å². The molecule has 2 aliphatic heterocycles. The van der Waals surface area contributed by atoms with Crippen LogP contribution in [0.25, 0.3) is 0 Å². The molecule has 4 amide bonds. The number of nitrogens with zero attached hydrogens (tertiary/aromatic N) is 2. The van der Waals surface area contributed by atoms with Gasteiger partial charge >= 0.3 is 0 Å². The third-order valence-electron chi connectivity index (χ3n) is 9.56. The lowest BCUT2D eigenvalue weighted by Gasteiger charge is -2.50. The monoisotopic (exact) mass is 682 g/mol. The van der Waals surface area contributed by atoms with Crippen LogP contribution in [0.2, 0.25) is 5.02 Å². The van der Waals surface area contributed by atoms with Crippen LogP contribution in [-0.4, -0.2) is 51.7 Å². The largest absolute Gasteiger partial charge is 0.491 e. The Kier molecular flexibility index (Phi) is 7.51. The Bertz CT molecular complexity index is 1820. The maximum Gasteiger partial charge on any atom is 0.258 e. The van der Waals surface area contributed by atoms with Crippen molar-refractivity contribution in [3.8, 4) is 5.75 Å². The number of amides is 4. The Morgan fingerprint density at radius 1 is 0.848 bits per heavy atom. The van der Waals surface area contributed by atoms with Gasteiger partial charge in [0.25, 0.3) is 11.8 Å². The molecule has 2 aliphatic carbocycles. The zero-order valence-corrected chi connectivity index (χ0v) is 26.3. The van der Waals surface area contributed by atoms with E-state index in [1.54, 1.807) is 48.5 Å². The summed E-state index contributed by atoms with van der Waals surface area (Å²) < 4.78 is 19.7. The molecule has 236 valence electrons. The predicted octanol–water partition coefficient (Wildman–Crippen LogP) is 5.62. The Morgan fingerprint density at radius 3 is 2.20 bits per heavy atom. The van der Waals surface area contributed by atoms with Crippen LogP contribution >= 0.6 is 34.8 Å². The maximum absolute atomic E-state index is 14.5. The van der Waals surface area contributed by atoms with E-state index >= 15 is 0 Å². The van der Waals surface area contributed by atoms with Crippen LogP contribution in [0.3, 0.4) is 0 Å². The molecule has 0 spiro atoms. The fourth-order valence-electron chi connectivity index (χ4n) is 7.59. The average molecular weight is 684 g/mol. The quantitative estimate of drug-likeness (QED) is 0.206. The molecule has 7 rings (SSSR count). The van der Waals surface area contributed by atoms with E-state index in [4.69, 9.17) is 39.5 Å². The number of aliphatic hydroxyl groups is 1. The number of carbonyl (C=O) groups is 4. The number of imide groups is 2. The fourth-order valence-corrected chi connectivity index (χ4v) is 8.65. The first-order valence-electron chi connectivity index (χ1n) is 14.7. The highest BCUT2D eigenvalue weighted by Gasteiger charge is 2.77. The van der Waals surface area contributed by atoms with Gasteiger partial charge in [0.2, 0.25) is 11.8 Å². The highest BCUT2D eigenvalue weighted by molar-refractivity contribution is 6.58. The highest BCUT2D eigenvalue weighted by Crippen LogP contribution is 2.66. The normalized spacial score (nSPS) is 30.2. The average Bonchev–Trinajstić information content (AvgIpc) is 3.39. The number of allylic oxidation sites excluding steroid dienone is 2. The van der Waals surface area contributed by atoms with Crippen LogP contribution in [0, 0.1) is 23.6 Å². The van der Waals surface area contributed by atoms with Crippen molar-refractivity contribution < 1.29 is 33.4 Å². The van der Waals surface area contributed by atoms with Crippen molar-refractivity contribution in [1.82, 2.24) is 0 Å².